The van der Waals surface area contributed by atoms with Crippen LogP contribution in [0.15, 0.2) is 84.9 Å². The lowest BCUT2D eigenvalue weighted by molar-refractivity contribution is 0.470. The molecule has 0 fully saturated rings. The van der Waals surface area contributed by atoms with Crippen LogP contribution in [-0.2, 0) is 6.42 Å². The van der Waals surface area contributed by atoms with Crippen molar-refractivity contribution in [2.24, 2.45) is 0 Å². The highest BCUT2D eigenvalue weighted by Gasteiger charge is 2.41. The largest absolute Gasteiger partial charge is 0.438 e. The Hall–Kier alpha value is -2.82. The van der Waals surface area contributed by atoms with E-state index in [2.05, 4.69) is 12.1 Å². The second kappa shape index (κ2) is 7.60. The number of para-hydroxylation sites is 2. The van der Waals surface area contributed by atoms with Crippen LogP contribution in [0.5, 0.6) is 11.5 Å². The summed E-state index contributed by atoms with van der Waals surface area (Å²) >= 11 is 0. The first-order valence-electron chi connectivity index (χ1n) is 8.58. The molecule has 4 heteroatoms. The van der Waals surface area contributed by atoms with E-state index < -0.39 is 8.38 Å². The molecule has 1 aliphatic carbocycles. The lowest BCUT2D eigenvalue weighted by atomic mass is 10.0. The van der Waals surface area contributed by atoms with Gasteiger partial charge in [0, 0.05) is 0 Å². The topological polar surface area (TPSA) is 42.2 Å². The molecule has 3 nitrogen and oxygen atoms in total. The monoisotopic (exact) mass is 359 g/mol. The highest BCUT2D eigenvalue weighted by molar-refractivity contribution is 7.49. The van der Waals surface area contributed by atoms with E-state index in [0.717, 1.165) is 23.5 Å². The number of fused-ring (bicyclic) bond motifs is 1. The number of hydrogen-bond acceptors (Lipinski definition) is 3. The fraction of sp³-hybridized carbons (Fsp3) is 0.136. The third-order valence-corrected chi connectivity index (χ3v) is 6.29. The van der Waals surface area contributed by atoms with Gasteiger partial charge >= 0.3 is 0 Å². The molecule has 0 amide bonds. The molecule has 3 aromatic carbocycles. The van der Waals surface area contributed by atoms with Crippen LogP contribution < -0.4 is 9.05 Å². The summed E-state index contributed by atoms with van der Waals surface area (Å²) < 4.78 is 12.5. The lowest BCUT2D eigenvalue weighted by Crippen LogP contribution is -2.17. The van der Waals surface area contributed by atoms with Gasteiger partial charge in [0.2, 0.25) is 0 Å². The summed E-state index contributed by atoms with van der Waals surface area (Å²) in [7, 11) is -1.33. The van der Waals surface area contributed by atoms with Gasteiger partial charge in [0.05, 0.1) is 17.6 Å². The summed E-state index contributed by atoms with van der Waals surface area (Å²) in [5.41, 5.74) is 2.30. The van der Waals surface area contributed by atoms with E-state index in [4.69, 9.17) is 9.05 Å². The predicted octanol–water partition coefficient (Wildman–Crippen LogP) is 5.69. The maximum absolute atomic E-state index is 9.81. The summed E-state index contributed by atoms with van der Waals surface area (Å²) in [6, 6.07) is 30.0. The van der Waals surface area contributed by atoms with Gasteiger partial charge in [-0.3, -0.25) is 0 Å². The number of hydrogen-bond donors (Lipinski definition) is 0. The number of benzene rings is 3. The lowest BCUT2D eigenvalue weighted by Gasteiger charge is -2.25. The van der Waals surface area contributed by atoms with Gasteiger partial charge in [0.15, 0.2) is 0 Å². The third-order valence-electron chi connectivity index (χ3n) is 4.49. The zero-order valence-corrected chi connectivity index (χ0v) is 15.1. The smallest absolute Gasteiger partial charge is 0.295 e. The fourth-order valence-corrected chi connectivity index (χ4v) is 5.03. The molecule has 0 saturated heterocycles. The van der Waals surface area contributed by atoms with Crippen LogP contribution in [0.2, 0.25) is 0 Å². The minimum absolute atomic E-state index is 0.00666. The molecule has 0 aliphatic heterocycles. The summed E-state index contributed by atoms with van der Waals surface area (Å²) in [4.78, 5) is 0. The second-order valence-electron chi connectivity index (χ2n) is 6.17. The molecule has 2 unspecified atom stereocenters. The first-order chi connectivity index (χ1) is 12.8. The zero-order valence-electron chi connectivity index (χ0n) is 14.2. The summed E-state index contributed by atoms with van der Waals surface area (Å²) in [6.07, 6.45) is 0.791. The van der Waals surface area contributed by atoms with E-state index in [9.17, 15) is 5.26 Å². The van der Waals surface area contributed by atoms with E-state index in [-0.39, 0.29) is 11.6 Å². The van der Waals surface area contributed by atoms with Crippen LogP contribution in [0.25, 0.3) is 0 Å². The van der Waals surface area contributed by atoms with Crippen molar-refractivity contribution in [3.63, 3.8) is 0 Å². The quantitative estimate of drug-likeness (QED) is 0.550. The molecule has 0 N–H and O–H groups in total. The zero-order chi connectivity index (χ0) is 17.8. The molecule has 0 bridgehead atoms. The van der Waals surface area contributed by atoms with Gasteiger partial charge in [-0.1, -0.05) is 60.7 Å². The normalized spacial score (nSPS) is 18.2. The fourth-order valence-electron chi connectivity index (χ4n) is 3.25. The van der Waals surface area contributed by atoms with Crippen molar-refractivity contribution in [2.45, 2.75) is 18.0 Å². The van der Waals surface area contributed by atoms with E-state index in [1.807, 2.05) is 78.9 Å². The Labute approximate surface area is 154 Å². The van der Waals surface area contributed by atoms with Crippen LogP contribution >= 0.6 is 8.38 Å². The van der Waals surface area contributed by atoms with Gasteiger partial charge in [-0.2, -0.15) is 5.26 Å². The molecular weight excluding hydrogens is 341 g/mol. The van der Waals surface area contributed by atoms with Crippen LogP contribution in [0, 0.1) is 11.3 Å². The number of rotatable bonds is 5. The van der Waals surface area contributed by atoms with Crippen molar-refractivity contribution >= 4 is 8.38 Å². The Morgan fingerprint density at radius 3 is 1.88 bits per heavy atom. The predicted molar refractivity (Wildman–Crippen MR) is 103 cm³/mol. The van der Waals surface area contributed by atoms with Crippen LogP contribution in [0.4, 0.5) is 0 Å². The molecule has 0 aromatic heterocycles. The molecular formula is C22H18NO2P. The van der Waals surface area contributed by atoms with Crippen LogP contribution in [0.1, 0.15) is 17.0 Å². The Morgan fingerprint density at radius 2 is 1.31 bits per heavy atom. The maximum atomic E-state index is 9.81. The maximum Gasteiger partial charge on any atom is 0.295 e. The molecule has 0 saturated carbocycles. The average molecular weight is 359 g/mol. The highest BCUT2D eigenvalue weighted by atomic mass is 31.2. The van der Waals surface area contributed by atoms with Crippen molar-refractivity contribution in [3.8, 4) is 17.6 Å². The first-order valence-corrected chi connectivity index (χ1v) is 9.82. The van der Waals surface area contributed by atoms with Crippen LogP contribution in [0.3, 0.4) is 0 Å². The van der Waals surface area contributed by atoms with Gasteiger partial charge in [0.25, 0.3) is 8.38 Å². The van der Waals surface area contributed by atoms with E-state index in [1.54, 1.807) is 0 Å². The third kappa shape index (κ3) is 3.43. The van der Waals surface area contributed by atoms with E-state index in [1.165, 1.54) is 5.56 Å². The van der Waals surface area contributed by atoms with Gasteiger partial charge in [-0.25, -0.2) is 0 Å². The minimum Gasteiger partial charge on any atom is -0.438 e. The molecule has 0 radical (unpaired) electrons. The van der Waals surface area contributed by atoms with Gasteiger partial charge in [-0.05, 0) is 41.8 Å². The Kier molecular flexibility index (Phi) is 4.86. The Morgan fingerprint density at radius 1 is 0.769 bits per heavy atom. The molecule has 3 aromatic rings. The molecule has 26 heavy (non-hydrogen) atoms. The van der Waals surface area contributed by atoms with Crippen molar-refractivity contribution in [1.82, 2.24) is 0 Å². The van der Waals surface area contributed by atoms with E-state index in [0.29, 0.717) is 0 Å². The average Bonchev–Trinajstić information content (AvgIpc) is 3.08. The van der Waals surface area contributed by atoms with Crippen molar-refractivity contribution in [3.05, 3.63) is 96.1 Å². The number of nitriles is 1. The highest BCUT2D eigenvalue weighted by Crippen LogP contribution is 2.54. The SMILES string of the molecule is N#CC1c2ccccc2CC1P(Oc1ccccc1)Oc1ccccc1. The Balaban J connectivity index is 1.65. The van der Waals surface area contributed by atoms with Gasteiger partial charge in [-0.15, -0.1) is 0 Å². The molecule has 0 heterocycles. The van der Waals surface area contributed by atoms with Gasteiger partial charge in [0.1, 0.15) is 11.5 Å². The van der Waals surface area contributed by atoms with Crippen molar-refractivity contribution < 1.29 is 9.05 Å². The molecule has 1 aliphatic rings. The minimum atomic E-state index is -1.33. The summed E-state index contributed by atoms with van der Waals surface area (Å²) in [5, 5.41) is 9.81. The van der Waals surface area contributed by atoms with Crippen molar-refractivity contribution in [1.29, 1.82) is 5.26 Å². The summed E-state index contributed by atoms with van der Waals surface area (Å²) in [5.74, 6) is 1.31. The standard InChI is InChI=1S/C22H18NO2P/c23-16-21-20-14-8-7-9-17(20)15-22(21)26(24-18-10-3-1-4-11-18)25-19-12-5-2-6-13-19/h1-14,21-22H,15H2. The first kappa shape index (κ1) is 16.6. The molecule has 2 atom stereocenters. The summed E-state index contributed by atoms with van der Waals surface area (Å²) in [6.45, 7) is 0. The molecule has 4 rings (SSSR count). The second-order valence-corrected chi connectivity index (χ2v) is 7.77. The van der Waals surface area contributed by atoms with E-state index >= 15 is 0 Å². The van der Waals surface area contributed by atoms with Gasteiger partial charge < -0.3 is 9.05 Å². The molecule has 128 valence electrons. The number of nitrogens with zero attached hydrogens (tertiary/aromatic N) is 1. The Bertz CT molecular complexity index is 867. The molecule has 0 spiro atoms. The van der Waals surface area contributed by atoms with Crippen LogP contribution in [-0.4, -0.2) is 5.66 Å². The van der Waals surface area contributed by atoms with Crippen molar-refractivity contribution in [2.75, 3.05) is 0 Å².